The average molecular weight is 237 g/mol. The first-order valence-electron chi connectivity index (χ1n) is 5.84. The van der Waals surface area contributed by atoms with Crippen LogP contribution in [0.5, 0.6) is 5.75 Å². The average Bonchev–Trinajstić information content (AvgIpc) is 2.36. The van der Waals surface area contributed by atoms with Crippen molar-refractivity contribution in [1.82, 2.24) is 0 Å². The van der Waals surface area contributed by atoms with Crippen molar-refractivity contribution >= 4 is 5.97 Å². The number of ether oxygens (including phenoxy) is 2. The maximum atomic E-state index is 11.6. The highest BCUT2D eigenvalue weighted by Crippen LogP contribution is 2.24. The Morgan fingerprint density at radius 3 is 2.71 bits per heavy atom. The molecule has 0 bridgehead atoms. The first-order chi connectivity index (χ1) is 8.20. The van der Waals surface area contributed by atoms with Gasteiger partial charge in [0.05, 0.1) is 13.2 Å². The Bertz CT molecular complexity index is 365. The van der Waals surface area contributed by atoms with Crippen molar-refractivity contribution < 1.29 is 14.3 Å². The molecule has 0 saturated heterocycles. The maximum absolute atomic E-state index is 11.6. The van der Waals surface area contributed by atoms with E-state index in [0.717, 1.165) is 6.42 Å². The number of carbonyl (C=O) groups excluding carboxylic acids is 1. The zero-order valence-corrected chi connectivity index (χ0v) is 10.3. The Hall–Kier alpha value is -1.55. The Labute approximate surface area is 102 Å². The third kappa shape index (κ3) is 3.75. The standard InChI is InChI=1S/C13H19NO3/c1-3-9-17-11-8-6-5-7-10(11)12(14)13(15)16-4-2/h5-8,12H,3-4,9,14H2,1-2H3/t12-/m1/s1. The monoisotopic (exact) mass is 237 g/mol. The lowest BCUT2D eigenvalue weighted by atomic mass is 10.1. The second-order valence-electron chi connectivity index (χ2n) is 3.62. The third-order valence-electron chi connectivity index (χ3n) is 2.26. The van der Waals surface area contributed by atoms with Crippen molar-refractivity contribution in [2.45, 2.75) is 26.3 Å². The van der Waals surface area contributed by atoms with Crippen LogP contribution in [0.25, 0.3) is 0 Å². The van der Waals surface area contributed by atoms with Crippen molar-refractivity contribution in [3.05, 3.63) is 29.8 Å². The van der Waals surface area contributed by atoms with E-state index < -0.39 is 12.0 Å². The molecular formula is C13H19NO3. The van der Waals surface area contributed by atoms with Crippen molar-refractivity contribution in [3.8, 4) is 5.75 Å². The summed E-state index contributed by atoms with van der Waals surface area (Å²) in [6, 6.07) is 6.49. The number of hydrogen-bond donors (Lipinski definition) is 1. The van der Waals surface area contributed by atoms with Crippen molar-refractivity contribution in [2.75, 3.05) is 13.2 Å². The number of nitrogens with two attached hydrogens (primary N) is 1. The molecule has 1 aromatic rings. The minimum Gasteiger partial charge on any atom is -0.493 e. The zero-order chi connectivity index (χ0) is 12.7. The Morgan fingerprint density at radius 1 is 1.35 bits per heavy atom. The fourth-order valence-electron chi connectivity index (χ4n) is 1.44. The van der Waals surface area contributed by atoms with E-state index in [-0.39, 0.29) is 0 Å². The van der Waals surface area contributed by atoms with Crippen molar-refractivity contribution in [3.63, 3.8) is 0 Å². The van der Waals surface area contributed by atoms with Gasteiger partial charge in [-0.15, -0.1) is 0 Å². The number of rotatable bonds is 6. The highest BCUT2D eigenvalue weighted by Gasteiger charge is 2.20. The second-order valence-corrected chi connectivity index (χ2v) is 3.62. The largest absolute Gasteiger partial charge is 0.493 e. The lowest BCUT2D eigenvalue weighted by Gasteiger charge is -2.15. The van der Waals surface area contributed by atoms with Crippen LogP contribution in [0, 0.1) is 0 Å². The van der Waals surface area contributed by atoms with Gasteiger partial charge in [-0.3, -0.25) is 0 Å². The van der Waals surface area contributed by atoms with Crippen LogP contribution in [0.2, 0.25) is 0 Å². The molecule has 0 aromatic heterocycles. The van der Waals surface area contributed by atoms with Gasteiger partial charge >= 0.3 is 5.97 Å². The first-order valence-corrected chi connectivity index (χ1v) is 5.84. The molecule has 0 aliphatic rings. The van der Waals surface area contributed by atoms with Gasteiger partial charge in [-0.2, -0.15) is 0 Å². The fraction of sp³-hybridized carbons (Fsp3) is 0.462. The number of esters is 1. The molecule has 0 amide bonds. The van der Waals surface area contributed by atoms with E-state index in [9.17, 15) is 4.79 Å². The van der Waals surface area contributed by atoms with Crippen LogP contribution in [0.1, 0.15) is 31.9 Å². The quantitative estimate of drug-likeness (QED) is 0.769. The Morgan fingerprint density at radius 2 is 2.06 bits per heavy atom. The van der Waals surface area contributed by atoms with Crippen molar-refractivity contribution in [2.24, 2.45) is 5.73 Å². The molecule has 1 atom stereocenters. The third-order valence-corrected chi connectivity index (χ3v) is 2.26. The van der Waals surface area contributed by atoms with Gasteiger partial charge in [0.2, 0.25) is 0 Å². The summed E-state index contributed by atoms with van der Waals surface area (Å²) >= 11 is 0. The Kier molecular flexibility index (Phi) is 5.49. The van der Waals surface area contributed by atoms with Gasteiger partial charge in [-0.1, -0.05) is 25.1 Å². The van der Waals surface area contributed by atoms with E-state index in [2.05, 4.69) is 0 Å². The highest BCUT2D eigenvalue weighted by molar-refractivity contribution is 5.78. The predicted octanol–water partition coefficient (Wildman–Crippen LogP) is 2.04. The molecule has 0 fully saturated rings. The smallest absolute Gasteiger partial charge is 0.327 e. The van der Waals surface area contributed by atoms with Gasteiger partial charge in [-0.25, -0.2) is 4.79 Å². The molecule has 0 aliphatic carbocycles. The summed E-state index contributed by atoms with van der Waals surface area (Å²) in [4.78, 5) is 11.6. The summed E-state index contributed by atoms with van der Waals surface area (Å²) in [6.45, 7) is 4.70. The van der Waals surface area contributed by atoms with Gasteiger partial charge in [0.1, 0.15) is 11.8 Å². The van der Waals surface area contributed by atoms with Gasteiger partial charge in [0, 0.05) is 5.56 Å². The lowest BCUT2D eigenvalue weighted by molar-refractivity contribution is -0.144. The van der Waals surface area contributed by atoms with Crippen LogP contribution in [-0.4, -0.2) is 19.2 Å². The van der Waals surface area contributed by atoms with E-state index in [1.165, 1.54) is 0 Å². The lowest BCUT2D eigenvalue weighted by Crippen LogP contribution is -2.24. The molecule has 0 aliphatic heterocycles. The summed E-state index contributed by atoms with van der Waals surface area (Å²) in [5, 5.41) is 0. The van der Waals surface area contributed by atoms with Crippen LogP contribution >= 0.6 is 0 Å². The van der Waals surface area contributed by atoms with Crippen LogP contribution in [0.15, 0.2) is 24.3 Å². The van der Waals surface area contributed by atoms with Crippen LogP contribution < -0.4 is 10.5 Å². The van der Waals surface area contributed by atoms with E-state index in [4.69, 9.17) is 15.2 Å². The molecular weight excluding hydrogens is 218 g/mol. The van der Waals surface area contributed by atoms with Gasteiger partial charge in [0.25, 0.3) is 0 Å². The highest BCUT2D eigenvalue weighted by atomic mass is 16.5. The summed E-state index contributed by atoms with van der Waals surface area (Å²) in [7, 11) is 0. The normalized spacial score (nSPS) is 11.9. The molecule has 0 radical (unpaired) electrons. The predicted molar refractivity (Wildman–Crippen MR) is 65.8 cm³/mol. The second kappa shape index (κ2) is 6.91. The summed E-state index contributed by atoms with van der Waals surface area (Å²) < 4.78 is 10.4. The molecule has 4 heteroatoms. The molecule has 0 saturated carbocycles. The van der Waals surface area contributed by atoms with E-state index in [1.807, 2.05) is 25.1 Å². The molecule has 94 valence electrons. The van der Waals surface area contributed by atoms with Crippen molar-refractivity contribution in [1.29, 1.82) is 0 Å². The molecule has 0 spiro atoms. The maximum Gasteiger partial charge on any atom is 0.327 e. The SMILES string of the molecule is CCCOc1ccccc1[C@@H](N)C(=O)OCC. The molecule has 2 N–H and O–H groups in total. The number of hydrogen-bond acceptors (Lipinski definition) is 4. The Balaban J connectivity index is 2.84. The minimum atomic E-state index is -0.789. The molecule has 1 rings (SSSR count). The van der Waals surface area contributed by atoms with E-state index >= 15 is 0 Å². The molecule has 1 aromatic carbocycles. The minimum absolute atomic E-state index is 0.324. The summed E-state index contributed by atoms with van der Waals surface area (Å²) in [6.07, 6.45) is 0.906. The van der Waals surface area contributed by atoms with Gasteiger partial charge in [0.15, 0.2) is 0 Å². The fourth-order valence-corrected chi connectivity index (χ4v) is 1.44. The number of para-hydroxylation sites is 1. The van der Waals surface area contributed by atoms with Gasteiger partial charge in [-0.05, 0) is 19.4 Å². The van der Waals surface area contributed by atoms with E-state index in [0.29, 0.717) is 24.5 Å². The van der Waals surface area contributed by atoms with Crippen LogP contribution in [-0.2, 0) is 9.53 Å². The van der Waals surface area contributed by atoms with Crippen LogP contribution in [0.3, 0.4) is 0 Å². The molecule has 0 heterocycles. The van der Waals surface area contributed by atoms with E-state index in [1.54, 1.807) is 13.0 Å². The molecule has 4 nitrogen and oxygen atoms in total. The topological polar surface area (TPSA) is 61.5 Å². The first kappa shape index (κ1) is 13.5. The summed E-state index contributed by atoms with van der Waals surface area (Å²) in [5.41, 5.74) is 6.51. The number of carbonyl (C=O) groups is 1. The van der Waals surface area contributed by atoms with Gasteiger partial charge < -0.3 is 15.2 Å². The zero-order valence-electron chi connectivity index (χ0n) is 10.3. The van der Waals surface area contributed by atoms with Crippen LogP contribution in [0.4, 0.5) is 0 Å². The summed E-state index contributed by atoms with van der Waals surface area (Å²) in [5.74, 6) is 0.218. The molecule has 17 heavy (non-hydrogen) atoms. The molecule has 0 unspecified atom stereocenters. The number of benzene rings is 1.